The lowest BCUT2D eigenvalue weighted by Crippen LogP contribution is -2.36. The largest absolute Gasteiger partial charge is 0.481 e. The first-order valence-electron chi connectivity index (χ1n) is 8.83. The number of hydrogen-bond donors (Lipinski definition) is 3. The fourth-order valence-corrected chi connectivity index (χ4v) is 3.38. The number of carbonyl (C=O) groups is 3. The van der Waals surface area contributed by atoms with Gasteiger partial charge in [-0.15, -0.1) is 0 Å². The van der Waals surface area contributed by atoms with Gasteiger partial charge in [0, 0.05) is 13.2 Å². The van der Waals surface area contributed by atoms with Crippen LogP contribution >= 0.6 is 0 Å². The van der Waals surface area contributed by atoms with E-state index in [2.05, 4.69) is 15.7 Å². The molecule has 144 valence electrons. The van der Waals surface area contributed by atoms with Crippen molar-refractivity contribution < 1.29 is 23.9 Å². The third-order valence-corrected chi connectivity index (χ3v) is 4.72. The summed E-state index contributed by atoms with van der Waals surface area (Å²) in [6.07, 6.45) is 5.65. The first-order valence-corrected chi connectivity index (χ1v) is 8.83. The summed E-state index contributed by atoms with van der Waals surface area (Å²) in [6, 6.07) is 3.45. The molecule has 1 aliphatic rings. The van der Waals surface area contributed by atoms with Gasteiger partial charge in [-0.3, -0.25) is 19.1 Å². The first kappa shape index (κ1) is 18.7. The van der Waals surface area contributed by atoms with Crippen LogP contribution in [0.3, 0.4) is 0 Å². The SMILES string of the molecule is Cn1cc(NC(=O)[C@@H]2CCCC[C@H]2C(=O)O)c(C(=O)NCc2ccco2)n1. The number of carboxylic acid groups (broad SMARTS) is 1. The summed E-state index contributed by atoms with van der Waals surface area (Å²) in [4.78, 5) is 36.5. The number of nitrogens with one attached hydrogen (secondary N) is 2. The number of anilines is 1. The number of aromatic nitrogens is 2. The Hall–Kier alpha value is -3.10. The second-order valence-electron chi connectivity index (χ2n) is 6.65. The van der Waals surface area contributed by atoms with Gasteiger partial charge in [0.15, 0.2) is 5.69 Å². The molecule has 0 bridgehead atoms. The number of carbonyl (C=O) groups excluding carboxylic acids is 2. The number of carboxylic acids is 1. The van der Waals surface area contributed by atoms with Gasteiger partial charge in [-0.25, -0.2) is 0 Å². The topological polar surface area (TPSA) is 126 Å². The lowest BCUT2D eigenvalue weighted by atomic mass is 9.78. The fraction of sp³-hybridized carbons (Fsp3) is 0.444. The zero-order valence-corrected chi connectivity index (χ0v) is 15.0. The second kappa shape index (κ2) is 8.07. The molecule has 0 spiro atoms. The molecule has 0 saturated heterocycles. The molecular formula is C18H22N4O5. The van der Waals surface area contributed by atoms with E-state index in [0.717, 1.165) is 12.8 Å². The molecule has 1 fully saturated rings. The number of aryl methyl sites for hydroxylation is 1. The Morgan fingerprint density at radius 1 is 1.30 bits per heavy atom. The number of aliphatic carboxylic acids is 1. The van der Waals surface area contributed by atoms with Crippen LogP contribution in [-0.2, 0) is 23.2 Å². The molecule has 0 unspecified atom stereocenters. The Bertz CT molecular complexity index is 827. The van der Waals surface area contributed by atoms with Crippen LogP contribution in [0.15, 0.2) is 29.0 Å². The molecule has 0 radical (unpaired) electrons. The molecule has 1 aliphatic carbocycles. The molecule has 9 heteroatoms. The van der Waals surface area contributed by atoms with Crippen molar-refractivity contribution in [1.82, 2.24) is 15.1 Å². The van der Waals surface area contributed by atoms with Gasteiger partial charge in [-0.05, 0) is 25.0 Å². The molecule has 2 aromatic heterocycles. The second-order valence-corrected chi connectivity index (χ2v) is 6.65. The minimum atomic E-state index is -0.961. The lowest BCUT2D eigenvalue weighted by molar-refractivity contribution is -0.147. The zero-order valence-electron chi connectivity index (χ0n) is 15.0. The Balaban J connectivity index is 1.70. The summed E-state index contributed by atoms with van der Waals surface area (Å²) in [7, 11) is 1.64. The monoisotopic (exact) mass is 374 g/mol. The van der Waals surface area contributed by atoms with E-state index in [1.807, 2.05) is 0 Å². The van der Waals surface area contributed by atoms with Crippen molar-refractivity contribution in [3.8, 4) is 0 Å². The molecule has 2 heterocycles. The predicted octanol–water partition coefficient (Wildman–Crippen LogP) is 1.77. The average Bonchev–Trinajstić information content (AvgIpc) is 3.29. The van der Waals surface area contributed by atoms with Crippen molar-refractivity contribution >= 4 is 23.5 Å². The maximum Gasteiger partial charge on any atom is 0.307 e. The van der Waals surface area contributed by atoms with E-state index < -0.39 is 29.6 Å². The highest BCUT2D eigenvalue weighted by Crippen LogP contribution is 2.31. The van der Waals surface area contributed by atoms with E-state index >= 15 is 0 Å². The van der Waals surface area contributed by atoms with Gasteiger partial charge in [-0.1, -0.05) is 12.8 Å². The van der Waals surface area contributed by atoms with Gasteiger partial charge in [0.25, 0.3) is 5.91 Å². The van der Waals surface area contributed by atoms with Gasteiger partial charge in [0.2, 0.25) is 5.91 Å². The minimum Gasteiger partial charge on any atom is -0.481 e. The van der Waals surface area contributed by atoms with Crippen LogP contribution < -0.4 is 10.6 Å². The summed E-state index contributed by atoms with van der Waals surface area (Å²) >= 11 is 0. The van der Waals surface area contributed by atoms with E-state index in [9.17, 15) is 19.5 Å². The van der Waals surface area contributed by atoms with Crippen molar-refractivity contribution in [2.45, 2.75) is 32.2 Å². The first-order chi connectivity index (χ1) is 13.0. The van der Waals surface area contributed by atoms with Crippen LogP contribution in [0.4, 0.5) is 5.69 Å². The highest BCUT2D eigenvalue weighted by molar-refractivity contribution is 6.03. The van der Waals surface area contributed by atoms with Crippen LogP contribution in [0.2, 0.25) is 0 Å². The maximum atomic E-state index is 12.7. The number of rotatable bonds is 6. The molecule has 27 heavy (non-hydrogen) atoms. The fourth-order valence-electron chi connectivity index (χ4n) is 3.38. The van der Waals surface area contributed by atoms with E-state index in [0.29, 0.717) is 18.6 Å². The summed E-state index contributed by atoms with van der Waals surface area (Å²) in [5.74, 6) is -2.54. The molecule has 0 aliphatic heterocycles. The summed E-state index contributed by atoms with van der Waals surface area (Å²) < 4.78 is 6.59. The molecule has 0 aromatic carbocycles. The van der Waals surface area contributed by atoms with Crippen molar-refractivity contribution in [2.24, 2.45) is 18.9 Å². The van der Waals surface area contributed by atoms with E-state index in [4.69, 9.17) is 4.42 Å². The molecule has 3 N–H and O–H groups in total. The van der Waals surface area contributed by atoms with E-state index in [1.165, 1.54) is 17.1 Å². The van der Waals surface area contributed by atoms with Crippen molar-refractivity contribution in [1.29, 1.82) is 0 Å². The zero-order chi connectivity index (χ0) is 19.4. The highest BCUT2D eigenvalue weighted by Gasteiger charge is 2.36. The van der Waals surface area contributed by atoms with Gasteiger partial charge in [-0.2, -0.15) is 5.10 Å². The van der Waals surface area contributed by atoms with Gasteiger partial charge in [0.1, 0.15) is 5.76 Å². The van der Waals surface area contributed by atoms with E-state index in [-0.39, 0.29) is 17.9 Å². The van der Waals surface area contributed by atoms with Crippen LogP contribution in [0.5, 0.6) is 0 Å². The quantitative estimate of drug-likeness (QED) is 0.707. The lowest BCUT2D eigenvalue weighted by Gasteiger charge is -2.27. The van der Waals surface area contributed by atoms with Crippen molar-refractivity contribution in [3.63, 3.8) is 0 Å². The summed E-state index contributed by atoms with van der Waals surface area (Å²) in [5.41, 5.74) is 0.328. The van der Waals surface area contributed by atoms with Crippen molar-refractivity contribution in [2.75, 3.05) is 5.32 Å². The van der Waals surface area contributed by atoms with Crippen LogP contribution in [-0.4, -0.2) is 32.7 Å². The van der Waals surface area contributed by atoms with Crippen molar-refractivity contribution in [3.05, 3.63) is 36.0 Å². The smallest absolute Gasteiger partial charge is 0.307 e. The normalized spacial score (nSPS) is 19.4. The Morgan fingerprint density at radius 3 is 2.70 bits per heavy atom. The molecule has 9 nitrogen and oxygen atoms in total. The number of amides is 2. The number of furan rings is 1. The third-order valence-electron chi connectivity index (χ3n) is 4.72. The Kier molecular flexibility index (Phi) is 5.58. The molecule has 2 atom stereocenters. The molecule has 2 aromatic rings. The predicted molar refractivity (Wildman–Crippen MR) is 94.8 cm³/mol. The van der Waals surface area contributed by atoms with Crippen LogP contribution in [0.25, 0.3) is 0 Å². The molecule has 2 amide bonds. The summed E-state index contributed by atoms with van der Waals surface area (Å²) in [6.45, 7) is 0.194. The standard InChI is InChI=1S/C18H22N4O5/c1-22-10-14(15(21-22)17(24)19-9-11-5-4-8-27-11)20-16(23)12-6-2-3-7-13(12)18(25)26/h4-5,8,10,12-13H,2-3,6-7,9H2,1H3,(H,19,24)(H,20,23)(H,25,26)/t12-,13-/m1/s1. The molecule has 3 rings (SSSR count). The Labute approximate surface area is 155 Å². The van der Waals surface area contributed by atoms with Crippen LogP contribution in [0, 0.1) is 11.8 Å². The molecular weight excluding hydrogens is 352 g/mol. The third kappa shape index (κ3) is 4.36. The van der Waals surface area contributed by atoms with Crippen LogP contribution in [0.1, 0.15) is 41.9 Å². The van der Waals surface area contributed by atoms with Gasteiger partial charge in [0.05, 0.1) is 30.3 Å². The number of hydrogen-bond acceptors (Lipinski definition) is 5. The summed E-state index contributed by atoms with van der Waals surface area (Å²) in [5, 5.41) is 18.8. The van der Waals surface area contributed by atoms with E-state index in [1.54, 1.807) is 19.2 Å². The van der Waals surface area contributed by atoms with Gasteiger partial charge < -0.3 is 20.2 Å². The minimum absolute atomic E-state index is 0.0695. The maximum absolute atomic E-state index is 12.7. The number of nitrogens with zero attached hydrogens (tertiary/aromatic N) is 2. The van der Waals surface area contributed by atoms with Gasteiger partial charge >= 0.3 is 5.97 Å². The Morgan fingerprint density at radius 2 is 2.04 bits per heavy atom. The average molecular weight is 374 g/mol. The molecule has 1 saturated carbocycles. The highest BCUT2D eigenvalue weighted by atomic mass is 16.4.